The van der Waals surface area contributed by atoms with Gasteiger partial charge in [-0.25, -0.2) is 0 Å². The first-order valence-electron chi connectivity index (χ1n) is 6.41. The average Bonchev–Trinajstić information content (AvgIpc) is 2.64. The van der Waals surface area contributed by atoms with Crippen molar-refractivity contribution in [1.82, 2.24) is 4.90 Å². The zero-order valence-electron chi connectivity index (χ0n) is 10.4. The molecule has 0 aromatic heterocycles. The van der Waals surface area contributed by atoms with Gasteiger partial charge in [0.05, 0.1) is 11.7 Å². The number of aliphatic hydroxyl groups is 1. The highest BCUT2D eigenvalue weighted by atomic mass is 16.3. The van der Waals surface area contributed by atoms with Crippen molar-refractivity contribution in [2.24, 2.45) is 5.41 Å². The van der Waals surface area contributed by atoms with Gasteiger partial charge >= 0.3 is 0 Å². The minimum Gasteiger partial charge on any atom is -0.388 e. The molecule has 94 valence electrons. The second-order valence-electron chi connectivity index (χ2n) is 5.64. The first-order valence-corrected chi connectivity index (χ1v) is 6.41. The quantitative estimate of drug-likeness (QED) is 0.806. The standard InChI is InChI=1S/C13H20N2O2/c1-15(10-13(17)7-2-3-8-13)11(16)12(9-14)5-4-6-12/h17H,2-8,10H2,1H3. The highest BCUT2D eigenvalue weighted by Gasteiger charge is 2.47. The smallest absolute Gasteiger partial charge is 0.242 e. The molecule has 0 aromatic carbocycles. The lowest BCUT2D eigenvalue weighted by atomic mass is 9.69. The predicted octanol–water partition coefficient (Wildman–Crippen LogP) is 1.44. The van der Waals surface area contributed by atoms with E-state index in [2.05, 4.69) is 6.07 Å². The molecule has 1 N–H and O–H groups in total. The third-order valence-electron chi connectivity index (χ3n) is 4.24. The lowest BCUT2D eigenvalue weighted by Gasteiger charge is -2.38. The van der Waals surface area contributed by atoms with Crippen LogP contribution < -0.4 is 0 Å². The summed E-state index contributed by atoms with van der Waals surface area (Å²) in [5, 5.41) is 19.4. The molecule has 0 unspecified atom stereocenters. The van der Waals surface area contributed by atoms with Gasteiger partial charge in [0.2, 0.25) is 5.91 Å². The predicted molar refractivity (Wildman–Crippen MR) is 63.0 cm³/mol. The van der Waals surface area contributed by atoms with Gasteiger partial charge in [-0.05, 0) is 32.1 Å². The summed E-state index contributed by atoms with van der Waals surface area (Å²) in [4.78, 5) is 13.8. The van der Waals surface area contributed by atoms with E-state index in [1.165, 1.54) is 0 Å². The van der Waals surface area contributed by atoms with Crippen molar-refractivity contribution in [2.45, 2.75) is 50.5 Å². The molecule has 2 fully saturated rings. The number of hydrogen-bond acceptors (Lipinski definition) is 3. The molecule has 2 aliphatic carbocycles. The molecule has 0 aromatic rings. The van der Waals surface area contributed by atoms with Gasteiger partial charge in [-0.3, -0.25) is 4.79 Å². The molecule has 4 nitrogen and oxygen atoms in total. The van der Waals surface area contributed by atoms with E-state index in [0.29, 0.717) is 19.4 Å². The molecule has 0 heterocycles. The lowest BCUT2D eigenvalue weighted by Crippen LogP contribution is -2.50. The fourth-order valence-electron chi connectivity index (χ4n) is 2.97. The highest BCUT2D eigenvalue weighted by Crippen LogP contribution is 2.42. The van der Waals surface area contributed by atoms with E-state index in [-0.39, 0.29) is 5.91 Å². The molecule has 2 aliphatic rings. The molecule has 0 aliphatic heterocycles. The topological polar surface area (TPSA) is 64.3 Å². The Kier molecular flexibility index (Phi) is 3.13. The van der Waals surface area contributed by atoms with Crippen LogP contribution in [0.3, 0.4) is 0 Å². The van der Waals surface area contributed by atoms with E-state index in [1.807, 2.05) is 0 Å². The highest BCUT2D eigenvalue weighted by molar-refractivity contribution is 5.86. The Morgan fingerprint density at radius 3 is 2.29 bits per heavy atom. The van der Waals surface area contributed by atoms with Gasteiger partial charge in [-0.15, -0.1) is 0 Å². The van der Waals surface area contributed by atoms with E-state index in [1.54, 1.807) is 11.9 Å². The molecule has 0 bridgehead atoms. The maximum Gasteiger partial charge on any atom is 0.242 e. The van der Waals surface area contributed by atoms with Crippen molar-refractivity contribution in [2.75, 3.05) is 13.6 Å². The zero-order chi connectivity index (χ0) is 12.5. The molecule has 4 heteroatoms. The van der Waals surface area contributed by atoms with Gasteiger partial charge in [-0.2, -0.15) is 5.26 Å². The summed E-state index contributed by atoms with van der Waals surface area (Å²) in [5.41, 5.74) is -1.51. The summed E-state index contributed by atoms with van der Waals surface area (Å²) in [6, 6.07) is 2.16. The maximum atomic E-state index is 12.2. The minimum absolute atomic E-state index is 0.105. The van der Waals surface area contributed by atoms with Crippen LogP contribution in [0.25, 0.3) is 0 Å². The summed E-state index contributed by atoms with van der Waals surface area (Å²) >= 11 is 0. The second kappa shape index (κ2) is 4.30. The summed E-state index contributed by atoms with van der Waals surface area (Å²) in [5.74, 6) is -0.105. The molecule has 0 saturated heterocycles. The van der Waals surface area contributed by atoms with Gasteiger partial charge in [0, 0.05) is 13.6 Å². The van der Waals surface area contributed by atoms with Gasteiger partial charge < -0.3 is 10.0 Å². The number of nitrogens with zero attached hydrogens (tertiary/aromatic N) is 2. The Bertz CT molecular complexity index is 349. The molecule has 0 atom stereocenters. The third-order valence-corrected chi connectivity index (χ3v) is 4.24. The van der Waals surface area contributed by atoms with Crippen molar-refractivity contribution in [3.05, 3.63) is 0 Å². The van der Waals surface area contributed by atoms with Crippen molar-refractivity contribution >= 4 is 5.91 Å². The molecule has 17 heavy (non-hydrogen) atoms. The van der Waals surface area contributed by atoms with Gasteiger partial charge in [0.15, 0.2) is 0 Å². The Morgan fingerprint density at radius 1 is 1.29 bits per heavy atom. The molecular formula is C13H20N2O2. The molecule has 0 spiro atoms. The first kappa shape index (κ1) is 12.4. The van der Waals surface area contributed by atoms with Crippen LogP contribution in [0.4, 0.5) is 0 Å². The average molecular weight is 236 g/mol. The normalized spacial score (nSPS) is 24.8. The van der Waals surface area contributed by atoms with Crippen LogP contribution in [-0.4, -0.2) is 35.1 Å². The third kappa shape index (κ3) is 2.16. The fraction of sp³-hybridized carbons (Fsp3) is 0.846. The maximum absolute atomic E-state index is 12.2. The monoisotopic (exact) mass is 236 g/mol. The van der Waals surface area contributed by atoms with E-state index >= 15 is 0 Å². The number of likely N-dealkylation sites (N-methyl/N-ethyl adjacent to an activating group) is 1. The SMILES string of the molecule is CN(CC1(O)CCCC1)C(=O)C1(C#N)CCC1. The van der Waals surface area contributed by atoms with Crippen LogP contribution in [0.5, 0.6) is 0 Å². The number of amides is 1. The van der Waals surface area contributed by atoms with E-state index < -0.39 is 11.0 Å². The van der Waals surface area contributed by atoms with Crippen LogP contribution >= 0.6 is 0 Å². The summed E-state index contributed by atoms with van der Waals surface area (Å²) in [6.45, 7) is 0.370. The van der Waals surface area contributed by atoms with E-state index in [0.717, 1.165) is 32.1 Å². The first-order chi connectivity index (χ1) is 8.01. The van der Waals surface area contributed by atoms with Gasteiger partial charge in [-0.1, -0.05) is 12.8 Å². The Labute approximate surface area is 102 Å². The van der Waals surface area contributed by atoms with Crippen LogP contribution in [-0.2, 0) is 4.79 Å². The number of nitriles is 1. The minimum atomic E-state index is -0.788. The van der Waals surface area contributed by atoms with Crippen LogP contribution in [0.15, 0.2) is 0 Å². The Hall–Kier alpha value is -1.08. The van der Waals surface area contributed by atoms with Crippen molar-refractivity contribution < 1.29 is 9.90 Å². The van der Waals surface area contributed by atoms with Crippen molar-refractivity contribution in [1.29, 1.82) is 5.26 Å². The largest absolute Gasteiger partial charge is 0.388 e. The van der Waals surface area contributed by atoms with E-state index in [4.69, 9.17) is 5.26 Å². The Morgan fingerprint density at radius 2 is 1.88 bits per heavy atom. The zero-order valence-corrected chi connectivity index (χ0v) is 10.4. The summed E-state index contributed by atoms with van der Waals surface area (Å²) in [6.07, 6.45) is 5.89. The van der Waals surface area contributed by atoms with Crippen LogP contribution in [0.1, 0.15) is 44.9 Å². The van der Waals surface area contributed by atoms with Crippen LogP contribution in [0, 0.1) is 16.7 Å². The van der Waals surface area contributed by atoms with Gasteiger partial charge in [0.1, 0.15) is 5.41 Å². The summed E-state index contributed by atoms with van der Waals surface area (Å²) < 4.78 is 0. The Balaban J connectivity index is 1.98. The van der Waals surface area contributed by atoms with Crippen molar-refractivity contribution in [3.63, 3.8) is 0 Å². The number of hydrogen-bond donors (Lipinski definition) is 1. The summed E-state index contributed by atoms with van der Waals surface area (Å²) in [7, 11) is 1.70. The van der Waals surface area contributed by atoms with E-state index in [9.17, 15) is 9.90 Å². The number of rotatable bonds is 3. The lowest BCUT2D eigenvalue weighted by molar-refractivity contribution is -0.144. The van der Waals surface area contributed by atoms with Gasteiger partial charge in [0.25, 0.3) is 0 Å². The molecule has 2 saturated carbocycles. The van der Waals surface area contributed by atoms with Crippen LogP contribution in [0.2, 0.25) is 0 Å². The molecule has 2 rings (SSSR count). The van der Waals surface area contributed by atoms with Crippen molar-refractivity contribution in [3.8, 4) is 6.07 Å². The molecule has 0 radical (unpaired) electrons. The number of carbonyl (C=O) groups is 1. The number of carbonyl (C=O) groups excluding carboxylic acids is 1. The fourth-order valence-corrected chi connectivity index (χ4v) is 2.97. The molecule has 1 amide bonds. The molecular weight excluding hydrogens is 216 g/mol. The second-order valence-corrected chi connectivity index (χ2v) is 5.64.